The number of nitrogens with zero attached hydrogens (tertiary/aromatic N) is 3. The molecule has 0 fully saturated rings. The van der Waals surface area contributed by atoms with E-state index in [9.17, 15) is 14.7 Å². The quantitative estimate of drug-likeness (QED) is 0.311. The van der Waals surface area contributed by atoms with Crippen molar-refractivity contribution >= 4 is 28.7 Å². The highest BCUT2D eigenvalue weighted by molar-refractivity contribution is 6.04. The summed E-state index contributed by atoms with van der Waals surface area (Å²) in [4.78, 5) is 36.3. The molecule has 4 rings (SSSR count). The van der Waals surface area contributed by atoms with Gasteiger partial charge in [0, 0.05) is 28.9 Å². The fourth-order valence-corrected chi connectivity index (χ4v) is 4.41. The monoisotopic (exact) mass is 513 g/mol. The van der Waals surface area contributed by atoms with Crippen LogP contribution in [0.1, 0.15) is 48.0 Å². The number of hydrogen-bond donors (Lipinski definition) is 1. The highest BCUT2D eigenvalue weighted by Crippen LogP contribution is 2.36. The highest BCUT2D eigenvalue weighted by Gasteiger charge is 2.27. The molecule has 2 aromatic heterocycles. The van der Waals surface area contributed by atoms with Gasteiger partial charge in [-0.15, -0.1) is 0 Å². The van der Waals surface area contributed by atoms with Crippen LogP contribution in [0, 0.1) is 13.8 Å². The molecule has 0 atom stereocenters. The summed E-state index contributed by atoms with van der Waals surface area (Å²) < 4.78 is 11.4. The second-order valence-electron chi connectivity index (χ2n) is 10.0. The van der Waals surface area contributed by atoms with Crippen molar-refractivity contribution in [3.63, 3.8) is 0 Å². The number of anilines is 1. The van der Waals surface area contributed by atoms with Crippen LogP contribution >= 0.6 is 0 Å². The Bertz CT molecular complexity index is 1520. The summed E-state index contributed by atoms with van der Waals surface area (Å²) in [6.07, 6.45) is 2.81. The molecule has 8 nitrogen and oxygen atoms in total. The predicted molar refractivity (Wildman–Crippen MR) is 147 cm³/mol. The lowest BCUT2D eigenvalue weighted by molar-refractivity contribution is 0.0576. The Kier molecular flexibility index (Phi) is 7.35. The zero-order valence-corrected chi connectivity index (χ0v) is 22.4. The zero-order chi connectivity index (χ0) is 27.6. The predicted octanol–water partition coefficient (Wildman–Crippen LogP) is 6.56. The Labute approximate surface area is 221 Å². The number of aromatic nitrogens is 2. The van der Waals surface area contributed by atoms with Crippen LogP contribution in [0.3, 0.4) is 0 Å². The first-order valence-corrected chi connectivity index (χ1v) is 12.2. The number of benzene rings is 2. The average molecular weight is 514 g/mol. The van der Waals surface area contributed by atoms with Gasteiger partial charge in [0.05, 0.1) is 36.1 Å². The number of carbonyl (C=O) groups excluding carboxylic acids is 1. The van der Waals surface area contributed by atoms with E-state index in [1.807, 2.05) is 26.0 Å². The summed E-state index contributed by atoms with van der Waals surface area (Å²) in [5.74, 6) is -0.339. The molecule has 0 saturated carbocycles. The number of carbonyl (C=O) groups is 2. The van der Waals surface area contributed by atoms with Crippen molar-refractivity contribution in [2.24, 2.45) is 0 Å². The molecule has 4 aromatic rings. The van der Waals surface area contributed by atoms with E-state index in [-0.39, 0.29) is 12.1 Å². The highest BCUT2D eigenvalue weighted by atomic mass is 16.6. The van der Waals surface area contributed by atoms with Crippen LogP contribution in [0.2, 0.25) is 0 Å². The summed E-state index contributed by atoms with van der Waals surface area (Å²) in [7, 11) is 1.60. The number of fused-ring (bicyclic) bond motifs is 1. The Morgan fingerprint density at radius 1 is 1.03 bits per heavy atom. The van der Waals surface area contributed by atoms with E-state index in [1.54, 1.807) is 76.7 Å². The van der Waals surface area contributed by atoms with Crippen molar-refractivity contribution in [1.29, 1.82) is 0 Å². The first-order valence-electron chi connectivity index (χ1n) is 12.2. The van der Waals surface area contributed by atoms with Gasteiger partial charge in [0.25, 0.3) is 0 Å². The molecule has 1 amide bonds. The van der Waals surface area contributed by atoms with Gasteiger partial charge in [-0.3, -0.25) is 14.9 Å². The minimum atomic E-state index is -1.04. The number of carboxylic acid groups (broad SMARTS) is 1. The summed E-state index contributed by atoms with van der Waals surface area (Å²) in [5, 5.41) is 10.5. The SMILES string of the molecule is COc1c(C)cnc(CN(C(=O)OC(C)(C)C)c2cc(-c3ccccc3C(=O)O)cc3ncccc23)c1C. The molecular weight excluding hydrogens is 482 g/mol. The molecule has 0 aliphatic heterocycles. The van der Waals surface area contributed by atoms with Crippen LogP contribution < -0.4 is 9.64 Å². The first kappa shape index (κ1) is 26.6. The Morgan fingerprint density at radius 3 is 2.45 bits per heavy atom. The number of amides is 1. The third-order valence-corrected chi connectivity index (χ3v) is 6.13. The van der Waals surface area contributed by atoms with Crippen LogP contribution in [0.25, 0.3) is 22.0 Å². The maximum Gasteiger partial charge on any atom is 0.415 e. The van der Waals surface area contributed by atoms with Gasteiger partial charge >= 0.3 is 12.1 Å². The lowest BCUT2D eigenvalue weighted by Gasteiger charge is -2.29. The Morgan fingerprint density at radius 2 is 1.76 bits per heavy atom. The Hall–Kier alpha value is -4.46. The number of hydrogen-bond acceptors (Lipinski definition) is 6. The second-order valence-corrected chi connectivity index (χ2v) is 10.0. The van der Waals surface area contributed by atoms with Crippen molar-refractivity contribution in [3.05, 3.63) is 83.3 Å². The van der Waals surface area contributed by atoms with E-state index in [0.29, 0.717) is 39.2 Å². The molecule has 8 heteroatoms. The molecular formula is C30H31N3O5. The summed E-state index contributed by atoms with van der Waals surface area (Å²) in [6, 6.07) is 14.0. The van der Waals surface area contributed by atoms with E-state index in [0.717, 1.165) is 11.1 Å². The van der Waals surface area contributed by atoms with E-state index in [1.165, 1.54) is 4.90 Å². The summed E-state index contributed by atoms with van der Waals surface area (Å²) >= 11 is 0. The van der Waals surface area contributed by atoms with Crippen LogP contribution in [0.4, 0.5) is 10.5 Å². The molecule has 0 bridgehead atoms. The zero-order valence-electron chi connectivity index (χ0n) is 22.4. The van der Waals surface area contributed by atoms with Crippen molar-refractivity contribution < 1.29 is 24.2 Å². The first-order chi connectivity index (χ1) is 18.0. The van der Waals surface area contributed by atoms with Crippen LogP contribution in [-0.2, 0) is 11.3 Å². The van der Waals surface area contributed by atoms with Gasteiger partial charge in [-0.1, -0.05) is 18.2 Å². The molecule has 196 valence electrons. The molecule has 0 saturated heterocycles. The van der Waals surface area contributed by atoms with Gasteiger partial charge in [-0.25, -0.2) is 9.59 Å². The van der Waals surface area contributed by atoms with Gasteiger partial charge in [0.2, 0.25) is 0 Å². The van der Waals surface area contributed by atoms with Crippen molar-refractivity contribution in [3.8, 4) is 16.9 Å². The standard InChI is InChI=1S/C30H31N3O5/c1-18-16-32-25(19(2)27(18)37-6)17-33(29(36)38-30(3,4)5)26-15-20(14-24-23(26)12-9-13-31-24)21-10-7-8-11-22(21)28(34)35/h7-16H,17H2,1-6H3,(H,34,35). The lowest BCUT2D eigenvalue weighted by atomic mass is 9.97. The van der Waals surface area contributed by atoms with Gasteiger partial charge in [0.1, 0.15) is 11.4 Å². The van der Waals surface area contributed by atoms with Crippen LogP contribution in [-0.4, -0.2) is 39.8 Å². The molecule has 0 unspecified atom stereocenters. The van der Waals surface area contributed by atoms with Gasteiger partial charge < -0.3 is 14.6 Å². The number of methoxy groups -OCH3 is 1. The van der Waals surface area contributed by atoms with E-state index < -0.39 is 17.7 Å². The van der Waals surface area contributed by atoms with Crippen molar-refractivity contribution in [2.75, 3.05) is 12.0 Å². The minimum absolute atomic E-state index is 0.103. The Balaban J connectivity index is 1.96. The summed E-state index contributed by atoms with van der Waals surface area (Å²) in [6.45, 7) is 9.34. The third-order valence-electron chi connectivity index (χ3n) is 6.13. The molecule has 1 N–H and O–H groups in total. The lowest BCUT2D eigenvalue weighted by Crippen LogP contribution is -2.37. The molecule has 38 heavy (non-hydrogen) atoms. The maximum absolute atomic E-state index is 13.7. The molecule has 0 aliphatic rings. The molecule has 2 aromatic carbocycles. The molecule has 0 spiro atoms. The average Bonchev–Trinajstić information content (AvgIpc) is 2.87. The molecule has 0 radical (unpaired) electrons. The number of rotatable bonds is 6. The van der Waals surface area contributed by atoms with Crippen molar-refractivity contribution in [1.82, 2.24) is 9.97 Å². The molecule has 0 aliphatic carbocycles. The van der Waals surface area contributed by atoms with Crippen LogP contribution in [0.5, 0.6) is 5.75 Å². The van der Waals surface area contributed by atoms with E-state index >= 15 is 0 Å². The van der Waals surface area contributed by atoms with Crippen LogP contribution in [0.15, 0.2) is 60.9 Å². The van der Waals surface area contributed by atoms with E-state index in [2.05, 4.69) is 9.97 Å². The van der Waals surface area contributed by atoms with Gasteiger partial charge in [-0.2, -0.15) is 0 Å². The fourth-order valence-electron chi connectivity index (χ4n) is 4.41. The largest absolute Gasteiger partial charge is 0.496 e. The minimum Gasteiger partial charge on any atom is -0.496 e. The maximum atomic E-state index is 13.7. The van der Waals surface area contributed by atoms with Gasteiger partial charge in [-0.05, 0) is 76.1 Å². The summed E-state index contributed by atoms with van der Waals surface area (Å²) in [5.41, 5.74) is 4.03. The molecule has 2 heterocycles. The number of carboxylic acids is 1. The topological polar surface area (TPSA) is 102 Å². The normalized spacial score (nSPS) is 11.3. The smallest absolute Gasteiger partial charge is 0.415 e. The third kappa shape index (κ3) is 5.44. The van der Waals surface area contributed by atoms with E-state index in [4.69, 9.17) is 9.47 Å². The number of ether oxygens (including phenoxy) is 2. The van der Waals surface area contributed by atoms with Gasteiger partial charge in [0.15, 0.2) is 0 Å². The second kappa shape index (κ2) is 10.5. The fraction of sp³-hybridized carbons (Fsp3) is 0.267. The number of pyridine rings is 2. The number of aromatic carboxylic acids is 1. The van der Waals surface area contributed by atoms with Crippen molar-refractivity contribution in [2.45, 2.75) is 46.8 Å². The number of aryl methyl sites for hydroxylation is 1.